The highest BCUT2D eigenvalue weighted by molar-refractivity contribution is 7.26. The average Bonchev–Trinajstić information content (AvgIpc) is 3.29. The van der Waals surface area contributed by atoms with Crippen molar-refractivity contribution in [2.75, 3.05) is 0 Å². The Morgan fingerprint density at radius 3 is 2.64 bits per heavy atom. The Balaban J connectivity index is 1.69. The van der Waals surface area contributed by atoms with E-state index in [0.29, 0.717) is 28.4 Å². The van der Waals surface area contributed by atoms with Crippen LogP contribution in [0.1, 0.15) is 34.9 Å². The number of nitrogens with zero attached hydrogens (tertiary/aromatic N) is 7. The molecule has 7 nitrogen and oxygen atoms in total. The summed E-state index contributed by atoms with van der Waals surface area (Å²) in [6.07, 6.45) is -1.01. The normalized spacial score (nSPS) is 12.2. The maximum atomic E-state index is 13.1. The van der Waals surface area contributed by atoms with Crippen LogP contribution in [0, 0.1) is 20.8 Å². The van der Waals surface area contributed by atoms with Gasteiger partial charge in [-0.15, -0.1) is 16.4 Å². The molecule has 28 heavy (non-hydrogen) atoms. The summed E-state index contributed by atoms with van der Waals surface area (Å²) in [4.78, 5) is 13.8. The van der Waals surface area contributed by atoms with Crippen LogP contribution in [-0.4, -0.2) is 34.3 Å². The lowest BCUT2D eigenvalue weighted by Crippen LogP contribution is -2.05. The van der Waals surface area contributed by atoms with Crippen LogP contribution in [0.5, 0.6) is 0 Å². The third-order valence-electron chi connectivity index (χ3n) is 4.65. The van der Waals surface area contributed by atoms with Gasteiger partial charge in [0.15, 0.2) is 11.5 Å². The van der Waals surface area contributed by atoms with Crippen molar-refractivity contribution < 1.29 is 8.78 Å². The number of thiophene rings is 1. The van der Waals surface area contributed by atoms with Crippen molar-refractivity contribution in [1.82, 2.24) is 34.3 Å². The fourth-order valence-electron chi connectivity index (χ4n) is 3.43. The van der Waals surface area contributed by atoms with Gasteiger partial charge in [-0.05, 0) is 38.5 Å². The summed E-state index contributed by atoms with van der Waals surface area (Å²) in [5, 5.41) is 9.73. The number of aryl methyl sites for hydroxylation is 3. The number of aromatic nitrogens is 7. The minimum Gasteiger partial charge on any atom is -0.262 e. The van der Waals surface area contributed by atoms with E-state index in [0.717, 1.165) is 27.0 Å². The molecule has 0 amide bonds. The molecule has 0 N–H and O–H groups in total. The monoisotopic (exact) mass is 399 g/mol. The SMILES string of the molecule is Cc1cc(C)n(Cc2nc3c4sc5nc(C(F)F)cc(C)c5c4ncn3n2)n1. The van der Waals surface area contributed by atoms with Gasteiger partial charge in [-0.2, -0.15) is 5.10 Å². The largest absolute Gasteiger partial charge is 0.280 e. The summed E-state index contributed by atoms with van der Waals surface area (Å²) in [6, 6.07) is 3.42. The van der Waals surface area contributed by atoms with Crippen molar-refractivity contribution in [3.05, 3.63) is 46.9 Å². The van der Waals surface area contributed by atoms with Gasteiger partial charge in [0.1, 0.15) is 28.1 Å². The Hall–Kier alpha value is -3.01. The number of hydrogen-bond acceptors (Lipinski definition) is 6. The molecule has 10 heteroatoms. The standard InChI is InChI=1S/C18H15F2N7S/c1-8-4-11(16(19)20)22-18-13(8)14-15(28-18)17-23-12(25-27(17)7-21-14)6-26-10(3)5-9(2)24-26/h4-5,7,16H,6H2,1-3H3. The lowest BCUT2D eigenvalue weighted by molar-refractivity contribution is 0.146. The van der Waals surface area contributed by atoms with E-state index in [-0.39, 0.29) is 5.69 Å². The van der Waals surface area contributed by atoms with Crippen LogP contribution >= 0.6 is 11.3 Å². The fourth-order valence-corrected chi connectivity index (χ4v) is 4.61. The zero-order valence-corrected chi connectivity index (χ0v) is 16.1. The minimum absolute atomic E-state index is 0.223. The molecule has 5 aromatic rings. The summed E-state index contributed by atoms with van der Waals surface area (Å²) in [5.41, 5.74) is 3.82. The molecule has 0 fully saturated rings. The molecule has 0 aliphatic heterocycles. The molecule has 5 rings (SSSR count). The van der Waals surface area contributed by atoms with E-state index in [1.54, 1.807) is 17.8 Å². The summed E-state index contributed by atoms with van der Waals surface area (Å²) in [5.74, 6) is 0.607. The molecular formula is C18H15F2N7S. The second kappa shape index (κ2) is 5.99. The lowest BCUT2D eigenvalue weighted by atomic mass is 10.1. The first kappa shape index (κ1) is 17.1. The van der Waals surface area contributed by atoms with Crippen LogP contribution < -0.4 is 0 Å². The second-order valence-electron chi connectivity index (χ2n) is 6.75. The highest BCUT2D eigenvalue weighted by atomic mass is 32.1. The van der Waals surface area contributed by atoms with Crippen molar-refractivity contribution >= 4 is 37.4 Å². The first-order valence-corrected chi connectivity index (χ1v) is 9.45. The van der Waals surface area contributed by atoms with Crippen molar-refractivity contribution in [2.45, 2.75) is 33.7 Å². The number of fused-ring (bicyclic) bond motifs is 5. The van der Waals surface area contributed by atoms with E-state index >= 15 is 0 Å². The number of alkyl halides is 2. The summed E-state index contributed by atoms with van der Waals surface area (Å²) < 4.78 is 30.5. The van der Waals surface area contributed by atoms with Gasteiger partial charge in [0.25, 0.3) is 6.43 Å². The first-order valence-electron chi connectivity index (χ1n) is 8.64. The van der Waals surface area contributed by atoms with Gasteiger partial charge in [-0.1, -0.05) is 0 Å². The lowest BCUT2D eigenvalue weighted by Gasteiger charge is -2.01. The third kappa shape index (κ3) is 2.55. The molecule has 0 aliphatic rings. The van der Waals surface area contributed by atoms with Crippen LogP contribution in [0.4, 0.5) is 8.78 Å². The van der Waals surface area contributed by atoms with Crippen molar-refractivity contribution in [3.8, 4) is 0 Å². The minimum atomic E-state index is -2.61. The molecule has 0 spiro atoms. The number of rotatable bonds is 3. The van der Waals surface area contributed by atoms with Crippen molar-refractivity contribution in [3.63, 3.8) is 0 Å². The van der Waals surface area contributed by atoms with Crippen LogP contribution in [0.3, 0.4) is 0 Å². The highest BCUT2D eigenvalue weighted by Crippen LogP contribution is 2.36. The predicted octanol–water partition coefficient (Wildman–Crippen LogP) is 3.99. The maximum Gasteiger partial charge on any atom is 0.280 e. The molecule has 0 atom stereocenters. The van der Waals surface area contributed by atoms with E-state index in [1.165, 1.54) is 17.4 Å². The second-order valence-corrected chi connectivity index (χ2v) is 7.75. The number of hydrogen-bond donors (Lipinski definition) is 0. The van der Waals surface area contributed by atoms with Crippen molar-refractivity contribution in [2.24, 2.45) is 0 Å². The molecule has 0 radical (unpaired) electrons. The molecule has 0 unspecified atom stereocenters. The Kier molecular flexibility index (Phi) is 3.66. The van der Waals surface area contributed by atoms with Crippen LogP contribution in [-0.2, 0) is 6.54 Å². The molecule has 0 saturated carbocycles. The van der Waals surface area contributed by atoms with Crippen LogP contribution in [0.25, 0.3) is 26.1 Å². The zero-order valence-electron chi connectivity index (χ0n) is 15.3. The maximum absolute atomic E-state index is 13.1. The number of halogens is 2. The van der Waals surface area contributed by atoms with E-state index in [4.69, 9.17) is 0 Å². The predicted molar refractivity (Wildman–Crippen MR) is 102 cm³/mol. The topological polar surface area (TPSA) is 73.8 Å². The quantitative estimate of drug-likeness (QED) is 0.459. The molecule has 0 saturated heterocycles. The summed E-state index contributed by atoms with van der Waals surface area (Å²) in [6.45, 7) is 6.16. The van der Waals surface area contributed by atoms with Gasteiger partial charge in [0, 0.05) is 11.1 Å². The van der Waals surface area contributed by atoms with E-state index < -0.39 is 6.43 Å². The van der Waals surface area contributed by atoms with Crippen molar-refractivity contribution in [1.29, 1.82) is 0 Å². The first-order chi connectivity index (χ1) is 13.4. The molecule has 0 aromatic carbocycles. The summed E-state index contributed by atoms with van der Waals surface area (Å²) >= 11 is 1.31. The molecule has 142 valence electrons. The Morgan fingerprint density at radius 2 is 1.93 bits per heavy atom. The van der Waals surface area contributed by atoms with Gasteiger partial charge >= 0.3 is 0 Å². The van der Waals surface area contributed by atoms with Gasteiger partial charge in [0.05, 0.1) is 11.2 Å². The Bertz CT molecular complexity index is 1370. The fraction of sp³-hybridized carbons (Fsp3) is 0.278. The average molecular weight is 399 g/mol. The molecule has 5 heterocycles. The van der Waals surface area contributed by atoms with Gasteiger partial charge in [0.2, 0.25) is 0 Å². The smallest absolute Gasteiger partial charge is 0.262 e. The van der Waals surface area contributed by atoms with Gasteiger partial charge in [-0.3, -0.25) is 4.68 Å². The Morgan fingerprint density at radius 1 is 1.11 bits per heavy atom. The van der Waals surface area contributed by atoms with Gasteiger partial charge < -0.3 is 0 Å². The molecule has 5 aromatic heterocycles. The highest BCUT2D eigenvalue weighted by Gasteiger charge is 2.19. The molecule has 0 aliphatic carbocycles. The number of pyridine rings is 1. The van der Waals surface area contributed by atoms with E-state index in [2.05, 4.69) is 25.1 Å². The molecular weight excluding hydrogens is 384 g/mol. The van der Waals surface area contributed by atoms with Crippen LogP contribution in [0.15, 0.2) is 18.5 Å². The van der Waals surface area contributed by atoms with E-state index in [9.17, 15) is 8.78 Å². The summed E-state index contributed by atoms with van der Waals surface area (Å²) in [7, 11) is 0. The molecule has 0 bridgehead atoms. The Labute approximate surface area is 161 Å². The van der Waals surface area contributed by atoms with E-state index in [1.807, 2.05) is 24.6 Å². The zero-order chi connectivity index (χ0) is 19.6. The third-order valence-corrected chi connectivity index (χ3v) is 5.72. The van der Waals surface area contributed by atoms with Crippen LogP contribution in [0.2, 0.25) is 0 Å². The van der Waals surface area contributed by atoms with Gasteiger partial charge in [-0.25, -0.2) is 28.2 Å².